The predicted octanol–water partition coefficient (Wildman–Crippen LogP) is 2.98. The minimum Gasteiger partial charge on any atom is 0 e. The first-order chi connectivity index (χ1) is 9.83. The van der Waals surface area contributed by atoms with Crippen LogP contribution in [0, 0.1) is 57.7 Å². The molecule has 0 N–H and O–H groups in total. The van der Waals surface area contributed by atoms with Gasteiger partial charge in [-0.3, -0.25) is 0 Å². The number of rotatable bonds is 3. The smallest absolute Gasteiger partial charge is 0 e. The molecule has 21 heavy (non-hydrogen) atoms. The van der Waals surface area contributed by atoms with Crippen LogP contribution in [0.3, 0.4) is 0 Å². The molecule has 0 atom stereocenters. The van der Waals surface area contributed by atoms with Gasteiger partial charge in [-0.25, -0.2) is 0 Å². The van der Waals surface area contributed by atoms with E-state index in [9.17, 15) is 4.79 Å². The summed E-state index contributed by atoms with van der Waals surface area (Å²) >= 11 is 0. The Morgan fingerprint density at radius 2 is 1.43 bits per heavy atom. The van der Waals surface area contributed by atoms with Gasteiger partial charge in [0.05, 0.1) is 0 Å². The predicted molar refractivity (Wildman–Crippen MR) is 74.2 cm³/mol. The van der Waals surface area contributed by atoms with Crippen molar-refractivity contribution >= 4 is 6.29 Å². The number of benzene rings is 1. The van der Waals surface area contributed by atoms with Gasteiger partial charge in [0.25, 0.3) is 0 Å². The van der Waals surface area contributed by atoms with E-state index in [-0.39, 0.29) is 17.1 Å². The van der Waals surface area contributed by atoms with Gasteiger partial charge in [-0.2, -0.15) is 0 Å². The van der Waals surface area contributed by atoms with Crippen molar-refractivity contribution in [3.63, 3.8) is 0 Å². The topological polar surface area (TPSA) is 56.9 Å². The Balaban J connectivity index is -0.000000255. The Morgan fingerprint density at radius 1 is 0.952 bits per heavy atom. The summed E-state index contributed by atoms with van der Waals surface area (Å²) in [6.45, 7) is 11.1. The molecule has 1 aromatic carbocycles. The van der Waals surface area contributed by atoms with Crippen LogP contribution in [0.1, 0.15) is 12.5 Å². The molecule has 0 aliphatic heterocycles. The number of carbonyl (C=O) groups is 1. The van der Waals surface area contributed by atoms with Gasteiger partial charge < -0.3 is 4.79 Å². The molecule has 1 aromatic rings. The number of aldehydes is 1. The third-order valence-corrected chi connectivity index (χ3v) is 2.00. The molecule has 0 unspecified atom stereocenters. The van der Waals surface area contributed by atoms with E-state index in [1.54, 1.807) is 6.42 Å². The van der Waals surface area contributed by atoms with E-state index in [2.05, 4.69) is 33.1 Å². The first-order valence-electron chi connectivity index (χ1n) is 5.59. The molecule has 0 saturated heterocycles. The van der Waals surface area contributed by atoms with Gasteiger partial charge in [0, 0.05) is 29.9 Å². The molecule has 0 amide bonds. The summed E-state index contributed by atoms with van der Waals surface area (Å²) in [4.78, 5) is 9.89. The Bertz CT molecular complexity index is 348. The monoisotopic (exact) mass is 322 g/mol. The van der Waals surface area contributed by atoms with Crippen LogP contribution in [0.5, 0.6) is 0 Å². The van der Waals surface area contributed by atoms with Gasteiger partial charge >= 0.3 is 22.6 Å². The molecule has 3 nitrogen and oxygen atoms in total. The molecular weight excluding hydrogens is 307 g/mol. The van der Waals surface area contributed by atoms with Crippen molar-refractivity contribution in [1.29, 1.82) is 0 Å². The fraction of sp³-hybridized carbons (Fsp3) is 0.0588. The van der Waals surface area contributed by atoms with Crippen molar-refractivity contribution in [2.24, 2.45) is 0 Å². The first kappa shape index (κ1) is 24.9. The van der Waals surface area contributed by atoms with Gasteiger partial charge in [0.15, 0.2) is 0 Å². The molecule has 0 bridgehead atoms. The number of hydrogen-bond acceptors (Lipinski definition) is 1. The van der Waals surface area contributed by atoms with Crippen LogP contribution in [0.25, 0.3) is 0 Å². The summed E-state index contributed by atoms with van der Waals surface area (Å²) in [6.07, 6.45) is 12.3. The largest absolute Gasteiger partial charge is 0 e. The Labute approximate surface area is 138 Å². The summed E-state index contributed by atoms with van der Waals surface area (Å²) in [5.74, 6) is 1.34. The molecule has 4 heteroatoms. The summed E-state index contributed by atoms with van der Waals surface area (Å²) < 4.78 is 15.0. The van der Waals surface area contributed by atoms with Gasteiger partial charge in [-0.1, -0.05) is 37.3 Å². The normalized spacial score (nSPS) is 11.9. The van der Waals surface area contributed by atoms with Crippen LogP contribution >= 0.6 is 0 Å². The zero-order valence-corrected chi connectivity index (χ0v) is 12.7. The van der Waals surface area contributed by atoms with Crippen LogP contribution in [0.15, 0.2) is 30.3 Å². The first-order valence-corrected chi connectivity index (χ1v) is 5.59. The molecule has 0 spiro atoms. The van der Waals surface area contributed by atoms with E-state index >= 15 is 0 Å². The molecule has 1 fully saturated rings. The van der Waals surface area contributed by atoms with Crippen LogP contribution in [-0.2, 0) is 31.2 Å². The summed E-state index contributed by atoms with van der Waals surface area (Å²) in [7, 11) is 0. The molecule has 1 aliphatic rings. The zero-order chi connectivity index (χ0) is 15.6. The maximum absolute atomic E-state index is 9.89. The molecule has 2 rings (SSSR count). The van der Waals surface area contributed by atoms with Gasteiger partial charge in [-0.15, -0.1) is 0 Å². The molecule has 1 saturated carbocycles. The zero-order valence-electron chi connectivity index (χ0n) is 11.5. The SMILES string of the molecule is C[C]1[CH][CH][CH][CH]1.O=C[CH][CH]c1ccccc1.[C-]#[O+].[C-]#[O+].[Mn]. The van der Waals surface area contributed by atoms with E-state index in [0.717, 1.165) is 11.8 Å². The van der Waals surface area contributed by atoms with Crippen LogP contribution in [-0.4, -0.2) is 6.29 Å². The van der Waals surface area contributed by atoms with E-state index in [1.165, 1.54) is 12.3 Å². The average Bonchev–Trinajstić information content (AvgIpc) is 3.02. The van der Waals surface area contributed by atoms with E-state index in [0.29, 0.717) is 0 Å². The summed E-state index contributed by atoms with van der Waals surface area (Å²) in [6, 6.07) is 9.70. The average molecular weight is 322 g/mol. The molecule has 0 aromatic heterocycles. The maximum Gasteiger partial charge on any atom is 0 e. The van der Waals surface area contributed by atoms with Crippen LogP contribution < -0.4 is 0 Å². The van der Waals surface area contributed by atoms with Crippen molar-refractivity contribution in [3.8, 4) is 0 Å². The third-order valence-electron chi connectivity index (χ3n) is 2.00. The van der Waals surface area contributed by atoms with Crippen molar-refractivity contribution in [3.05, 3.63) is 93.6 Å². The van der Waals surface area contributed by atoms with E-state index < -0.39 is 0 Å². The fourth-order valence-electron chi connectivity index (χ4n) is 1.18. The van der Waals surface area contributed by atoms with Crippen molar-refractivity contribution in [1.82, 2.24) is 0 Å². The fourth-order valence-corrected chi connectivity index (χ4v) is 1.18. The third kappa shape index (κ3) is 16.8. The number of carbonyl (C=O) groups excluding carboxylic acids is 1. The molecule has 0 heterocycles. The van der Waals surface area contributed by atoms with E-state index in [4.69, 9.17) is 9.30 Å². The van der Waals surface area contributed by atoms with Crippen molar-refractivity contribution in [2.75, 3.05) is 0 Å². The molecule has 108 valence electrons. The molecule has 1 aliphatic carbocycles. The minimum absolute atomic E-state index is 0. The van der Waals surface area contributed by atoms with Crippen molar-refractivity contribution < 1.29 is 31.2 Å². The van der Waals surface area contributed by atoms with Gasteiger partial charge in [0.2, 0.25) is 0 Å². The second kappa shape index (κ2) is 21.2. The second-order valence-corrected chi connectivity index (χ2v) is 3.37. The quantitative estimate of drug-likeness (QED) is 0.365. The van der Waals surface area contributed by atoms with Gasteiger partial charge in [0.1, 0.15) is 6.29 Å². The maximum atomic E-state index is 9.89. The Kier molecular flexibility index (Phi) is 25.1. The van der Waals surface area contributed by atoms with E-state index in [1.807, 2.05) is 43.2 Å². The molecule has 8 radical (unpaired) electrons. The minimum atomic E-state index is 0. The van der Waals surface area contributed by atoms with Crippen LogP contribution in [0.4, 0.5) is 0 Å². The Hall–Kier alpha value is -1.11. The second-order valence-electron chi connectivity index (χ2n) is 3.37. The summed E-state index contributed by atoms with van der Waals surface area (Å²) in [5.41, 5.74) is 1.05. The van der Waals surface area contributed by atoms with Crippen LogP contribution in [0.2, 0.25) is 0 Å². The Morgan fingerprint density at radius 3 is 1.76 bits per heavy atom. The number of hydrogen-bond donors (Lipinski definition) is 0. The van der Waals surface area contributed by atoms with Gasteiger partial charge in [-0.05, 0) is 37.2 Å². The summed E-state index contributed by atoms with van der Waals surface area (Å²) in [5, 5.41) is 0. The molecular formula is C17H15MnO3. The van der Waals surface area contributed by atoms with Crippen molar-refractivity contribution in [2.45, 2.75) is 6.92 Å². The standard InChI is InChI=1S/C9H8O.C6H7.2CO.Mn/c10-8-4-7-9-5-2-1-3-6-9;1-6-4-2-3-5-6;2*1-2;/h1-8H;2-5H,1H3;;;.